The Hall–Kier alpha value is -1.02. The highest BCUT2D eigenvalue weighted by molar-refractivity contribution is 8.22. The van der Waals surface area contributed by atoms with Crippen LogP contribution in [-0.4, -0.2) is 0 Å². The van der Waals surface area contributed by atoms with Gasteiger partial charge in [-0.15, -0.1) is 0 Å². The molecule has 124 valence electrons. The van der Waals surface area contributed by atoms with Crippen molar-refractivity contribution in [2.45, 2.75) is 39.5 Å². The predicted octanol–water partition coefficient (Wildman–Crippen LogP) is 6.85. The summed E-state index contributed by atoms with van der Waals surface area (Å²) < 4.78 is 11.8. The molecule has 0 bridgehead atoms. The molecule has 2 aromatic carbocycles. The second kappa shape index (κ2) is 7.70. The Bertz CT molecular complexity index is 658. The summed E-state index contributed by atoms with van der Waals surface area (Å²) >= 11 is 11.9. The van der Waals surface area contributed by atoms with Crippen LogP contribution in [0.3, 0.4) is 0 Å². The molecule has 0 spiro atoms. The first-order valence-corrected chi connectivity index (χ1v) is 11.2. The molecule has 0 saturated carbocycles. The molecule has 23 heavy (non-hydrogen) atoms. The lowest BCUT2D eigenvalue weighted by Crippen LogP contribution is -2.01. The molecule has 0 atom stereocenters. The lowest BCUT2D eigenvalue weighted by Gasteiger charge is -2.22. The van der Waals surface area contributed by atoms with Crippen LogP contribution in [0.25, 0.3) is 0 Å². The van der Waals surface area contributed by atoms with E-state index in [1.54, 1.807) is 0 Å². The Morgan fingerprint density at radius 2 is 1.13 bits per heavy atom. The summed E-state index contributed by atoms with van der Waals surface area (Å²) in [6.45, 7) is 8.42. The molecule has 0 saturated heterocycles. The second-order valence-electron chi connectivity index (χ2n) is 6.00. The van der Waals surface area contributed by atoms with E-state index in [4.69, 9.17) is 32.1 Å². The molecule has 0 radical (unpaired) electrons. The Morgan fingerprint density at radius 1 is 0.783 bits per heavy atom. The Morgan fingerprint density at radius 3 is 1.48 bits per heavy atom. The van der Waals surface area contributed by atoms with Gasteiger partial charge < -0.3 is 9.05 Å². The molecule has 0 heterocycles. The molecular weight excluding hydrogens is 347 g/mol. The van der Waals surface area contributed by atoms with Crippen molar-refractivity contribution in [1.82, 2.24) is 0 Å². The van der Waals surface area contributed by atoms with E-state index in [2.05, 4.69) is 27.7 Å². The van der Waals surface area contributed by atoms with Gasteiger partial charge >= 0.3 is 5.84 Å². The van der Waals surface area contributed by atoms with Crippen LogP contribution in [0.1, 0.15) is 50.7 Å². The van der Waals surface area contributed by atoms with E-state index in [0.29, 0.717) is 23.3 Å². The van der Waals surface area contributed by atoms with Crippen molar-refractivity contribution in [3.05, 3.63) is 59.7 Å². The number of hydrogen-bond donors (Lipinski definition) is 0. The van der Waals surface area contributed by atoms with Gasteiger partial charge in [0.15, 0.2) is 0 Å². The summed E-state index contributed by atoms with van der Waals surface area (Å²) in [5, 5.41) is 0. The molecule has 2 rings (SSSR count). The van der Waals surface area contributed by atoms with Gasteiger partial charge in [-0.25, -0.2) is 0 Å². The molecule has 0 aliphatic heterocycles. The van der Waals surface area contributed by atoms with Gasteiger partial charge in [0.25, 0.3) is 0 Å². The Labute approximate surface area is 148 Å². The monoisotopic (exact) mass is 368 g/mol. The Balaban J connectivity index is 2.26. The molecule has 0 unspecified atom stereocenters. The molecule has 0 aromatic heterocycles. The highest BCUT2D eigenvalue weighted by atomic mass is 35.7. The van der Waals surface area contributed by atoms with Crippen molar-refractivity contribution in [3.63, 3.8) is 0 Å². The van der Waals surface area contributed by atoms with Crippen LogP contribution in [0.5, 0.6) is 11.5 Å². The fourth-order valence-corrected chi connectivity index (χ4v) is 4.10. The first kappa shape index (κ1) is 18.3. The number of halogens is 1. The number of rotatable bonds is 6. The normalized spacial score (nSPS) is 11.8. The largest absolute Gasteiger partial charge is 0.424 e. The third-order valence-corrected chi connectivity index (χ3v) is 5.19. The van der Waals surface area contributed by atoms with E-state index in [9.17, 15) is 0 Å². The lowest BCUT2D eigenvalue weighted by molar-refractivity contribution is 0.494. The first-order valence-electron chi connectivity index (χ1n) is 7.67. The van der Waals surface area contributed by atoms with Gasteiger partial charge in [-0.1, -0.05) is 64.1 Å². The smallest absolute Gasteiger partial charge is 0.384 e. The van der Waals surface area contributed by atoms with Crippen molar-refractivity contribution in [2.75, 3.05) is 0 Å². The zero-order valence-electron chi connectivity index (χ0n) is 13.8. The van der Waals surface area contributed by atoms with E-state index >= 15 is 0 Å². The molecule has 0 aliphatic rings. The van der Waals surface area contributed by atoms with E-state index in [1.807, 2.05) is 48.5 Å². The van der Waals surface area contributed by atoms with E-state index in [0.717, 1.165) is 11.1 Å². The third kappa shape index (κ3) is 4.97. The minimum Gasteiger partial charge on any atom is -0.424 e. The molecule has 0 amide bonds. The average Bonchev–Trinajstić information content (AvgIpc) is 2.47. The van der Waals surface area contributed by atoms with Crippen LogP contribution >= 0.6 is 17.1 Å². The van der Waals surface area contributed by atoms with Crippen LogP contribution in [-0.2, 0) is 11.8 Å². The zero-order chi connectivity index (χ0) is 17.0. The summed E-state index contributed by atoms with van der Waals surface area (Å²) in [6, 6.07) is 15.6. The standard InChI is InChI=1S/C18H22ClO2PS/c1-13(2)15-9-5-7-11-17(15)20-22(19,23)21-18-12-8-6-10-16(18)14(3)4/h5-14H,1-4H3. The van der Waals surface area contributed by atoms with Crippen LogP contribution < -0.4 is 9.05 Å². The fourth-order valence-electron chi connectivity index (χ4n) is 2.33. The van der Waals surface area contributed by atoms with Gasteiger partial charge in [-0.2, -0.15) is 0 Å². The van der Waals surface area contributed by atoms with Crippen LogP contribution in [0.4, 0.5) is 0 Å². The molecule has 0 N–H and O–H groups in total. The highest BCUT2D eigenvalue weighted by Crippen LogP contribution is 2.55. The number of benzene rings is 2. The van der Waals surface area contributed by atoms with Gasteiger partial charge in [0.1, 0.15) is 11.5 Å². The van der Waals surface area contributed by atoms with Crippen LogP contribution in [0, 0.1) is 0 Å². The van der Waals surface area contributed by atoms with Crippen LogP contribution in [0.2, 0.25) is 0 Å². The third-order valence-electron chi connectivity index (χ3n) is 3.50. The summed E-state index contributed by atoms with van der Waals surface area (Å²) in [6.07, 6.45) is 0. The van der Waals surface area contributed by atoms with Crippen molar-refractivity contribution in [1.29, 1.82) is 0 Å². The Kier molecular flexibility index (Phi) is 6.13. The van der Waals surface area contributed by atoms with E-state index < -0.39 is 5.84 Å². The lowest BCUT2D eigenvalue weighted by atomic mass is 10.0. The maximum atomic E-state index is 6.44. The molecule has 0 aliphatic carbocycles. The fraction of sp³-hybridized carbons (Fsp3) is 0.333. The average molecular weight is 369 g/mol. The van der Waals surface area contributed by atoms with E-state index in [1.165, 1.54) is 0 Å². The zero-order valence-corrected chi connectivity index (χ0v) is 16.3. The quantitative estimate of drug-likeness (QED) is 0.519. The van der Waals surface area contributed by atoms with Gasteiger partial charge in [0, 0.05) is 11.8 Å². The maximum absolute atomic E-state index is 6.44. The molecule has 2 nitrogen and oxygen atoms in total. The predicted molar refractivity (Wildman–Crippen MR) is 102 cm³/mol. The first-order chi connectivity index (χ1) is 10.8. The molecule has 5 heteroatoms. The minimum atomic E-state index is -2.96. The maximum Gasteiger partial charge on any atom is 0.384 e. The van der Waals surface area contributed by atoms with Gasteiger partial charge in [-0.05, 0) is 46.3 Å². The second-order valence-corrected chi connectivity index (χ2v) is 10.6. The number of para-hydroxylation sites is 2. The SMILES string of the molecule is CC(C)c1ccccc1OP(=S)(Cl)Oc1ccccc1C(C)C. The summed E-state index contributed by atoms with van der Waals surface area (Å²) in [4.78, 5) is 0. The molecule has 0 fully saturated rings. The van der Waals surface area contributed by atoms with Gasteiger partial charge in [0.05, 0.1) is 0 Å². The summed E-state index contributed by atoms with van der Waals surface area (Å²) in [5.74, 6) is -0.929. The highest BCUT2D eigenvalue weighted by Gasteiger charge is 2.23. The van der Waals surface area contributed by atoms with Crippen molar-refractivity contribution in [2.24, 2.45) is 0 Å². The van der Waals surface area contributed by atoms with Crippen molar-refractivity contribution < 1.29 is 9.05 Å². The summed E-state index contributed by atoms with van der Waals surface area (Å²) in [7, 11) is 0. The van der Waals surface area contributed by atoms with Crippen LogP contribution in [0.15, 0.2) is 48.5 Å². The summed E-state index contributed by atoms with van der Waals surface area (Å²) in [5.41, 5.74) is 2.14. The minimum absolute atomic E-state index is 0.320. The topological polar surface area (TPSA) is 18.5 Å². The molecule has 2 aromatic rings. The van der Waals surface area contributed by atoms with E-state index in [-0.39, 0.29) is 0 Å². The number of hydrogen-bond acceptors (Lipinski definition) is 3. The van der Waals surface area contributed by atoms with Gasteiger partial charge in [-0.3, -0.25) is 0 Å². The van der Waals surface area contributed by atoms with Crippen molar-refractivity contribution in [3.8, 4) is 11.5 Å². The van der Waals surface area contributed by atoms with Gasteiger partial charge in [0.2, 0.25) is 0 Å². The van der Waals surface area contributed by atoms with Crippen molar-refractivity contribution >= 4 is 28.9 Å². The molecular formula is C18H22ClO2PS.